The molecule has 0 aromatic heterocycles. The van der Waals surface area contributed by atoms with Gasteiger partial charge in [-0.3, -0.25) is 4.79 Å². The van der Waals surface area contributed by atoms with Crippen molar-refractivity contribution in [2.45, 2.75) is 123 Å². The predicted octanol–water partition coefficient (Wildman–Crippen LogP) is 5.28. The van der Waals surface area contributed by atoms with E-state index < -0.39 is 18.0 Å². The maximum atomic E-state index is 11.4. The largest absolute Gasteiger partial charge is 0.392 e. The molecule has 149 valence electrons. The Hall–Kier alpha value is 0.736. The zero-order valence-corrected chi connectivity index (χ0v) is 20.8. The average Bonchev–Trinajstić information content (AvgIpc) is 2.58. The fourth-order valence-corrected chi connectivity index (χ4v) is 2.90. The zero-order chi connectivity index (χ0) is 18.8. The van der Waals surface area contributed by atoms with Gasteiger partial charge < -0.3 is 10.5 Å². The minimum absolute atomic E-state index is 0. The van der Waals surface area contributed by atoms with Crippen molar-refractivity contribution in [2.24, 2.45) is 5.73 Å². The quantitative estimate of drug-likeness (QED) is 0.158. The third kappa shape index (κ3) is 21.0. The van der Waals surface area contributed by atoms with E-state index in [-0.39, 0.29) is 51.4 Å². The summed E-state index contributed by atoms with van der Waals surface area (Å²) < 4.78 is 4.63. The number of esters is 2. The van der Waals surface area contributed by atoms with Gasteiger partial charge >= 0.3 is 11.9 Å². The molecule has 0 aliphatic carbocycles. The molecule has 0 saturated carbocycles. The molecule has 0 aromatic rings. The van der Waals surface area contributed by atoms with Gasteiger partial charge in [-0.25, -0.2) is 4.79 Å². The Labute approximate surface area is 204 Å². The van der Waals surface area contributed by atoms with Crippen LogP contribution in [0.2, 0.25) is 0 Å². The summed E-state index contributed by atoms with van der Waals surface area (Å²) in [6.45, 7) is 3.78. The molecule has 0 unspecified atom stereocenters. The summed E-state index contributed by atoms with van der Waals surface area (Å²) in [4.78, 5) is 22.5. The van der Waals surface area contributed by atoms with Crippen molar-refractivity contribution in [1.29, 1.82) is 0 Å². The first-order valence-corrected chi connectivity index (χ1v) is 10.6. The van der Waals surface area contributed by atoms with E-state index in [9.17, 15) is 9.59 Å². The summed E-state index contributed by atoms with van der Waals surface area (Å²) in [5.41, 5.74) is 5.34. The van der Waals surface area contributed by atoms with Crippen molar-refractivity contribution in [3.05, 3.63) is 0 Å². The fraction of sp³-hybridized carbons (Fsp3) is 0.905. The summed E-state index contributed by atoms with van der Waals surface area (Å²) in [6, 6.07) is -0.731. The monoisotopic (exact) mass is 394 g/mol. The van der Waals surface area contributed by atoms with Crippen molar-refractivity contribution in [3.63, 3.8) is 0 Å². The summed E-state index contributed by atoms with van der Waals surface area (Å²) in [7, 11) is 0. The van der Waals surface area contributed by atoms with Crippen LogP contribution in [0.4, 0.5) is 0 Å². The van der Waals surface area contributed by atoms with Crippen molar-refractivity contribution in [2.75, 3.05) is 0 Å². The molecular weight excluding hydrogens is 353 g/mol. The molecule has 0 bridgehead atoms. The van der Waals surface area contributed by atoms with Crippen molar-refractivity contribution in [1.82, 2.24) is 0 Å². The first-order chi connectivity index (χ1) is 12.1. The summed E-state index contributed by atoms with van der Waals surface area (Å²) >= 11 is 0. The molecule has 1 atom stereocenters. The van der Waals surface area contributed by atoms with Gasteiger partial charge in [0, 0.05) is 57.8 Å². The molecule has 0 spiro atoms. The molecule has 0 heterocycles. The van der Waals surface area contributed by atoms with Crippen molar-refractivity contribution in [3.8, 4) is 0 Å². The van der Waals surface area contributed by atoms with E-state index in [4.69, 9.17) is 5.73 Å². The normalized spacial score (nSPS) is 11.7. The van der Waals surface area contributed by atoms with Gasteiger partial charge in [0.2, 0.25) is 0 Å². The molecule has 1 radical (unpaired) electrons. The van der Waals surface area contributed by atoms with E-state index in [1.54, 1.807) is 0 Å². The second-order valence-electron chi connectivity index (χ2n) is 7.28. The number of hydrogen-bond acceptors (Lipinski definition) is 4. The average molecular weight is 395 g/mol. The maximum absolute atomic E-state index is 11.4. The van der Waals surface area contributed by atoms with E-state index in [1.165, 1.54) is 84.0 Å². The first-order valence-electron chi connectivity index (χ1n) is 10.6. The minimum atomic E-state index is -0.731. The van der Waals surface area contributed by atoms with E-state index in [1.807, 2.05) is 0 Å². The molecule has 4 nitrogen and oxygen atoms in total. The zero-order valence-electron chi connectivity index (χ0n) is 17.7. The number of unbranched alkanes of at least 4 members (excludes halogenated alkanes) is 14. The molecule has 0 saturated heterocycles. The van der Waals surface area contributed by atoms with Crippen LogP contribution in [0.1, 0.15) is 117 Å². The molecular formula is C21H41KNO3. The van der Waals surface area contributed by atoms with E-state index in [0.717, 1.165) is 19.3 Å². The second-order valence-corrected chi connectivity index (χ2v) is 7.28. The number of nitrogens with two attached hydrogens (primary N) is 1. The Morgan fingerprint density at radius 3 is 1.42 bits per heavy atom. The van der Waals surface area contributed by atoms with Crippen molar-refractivity contribution >= 4 is 63.3 Å². The number of carbonyl (C=O) groups excluding carboxylic acids is 2. The smallest absolute Gasteiger partial charge is 0.330 e. The van der Waals surface area contributed by atoms with E-state index >= 15 is 0 Å². The Kier molecular flexibility index (Phi) is 24.5. The van der Waals surface area contributed by atoms with Crippen LogP contribution in [0.5, 0.6) is 0 Å². The molecule has 2 N–H and O–H groups in total. The van der Waals surface area contributed by atoms with Crippen LogP contribution in [0.15, 0.2) is 0 Å². The van der Waals surface area contributed by atoms with Crippen LogP contribution in [0.3, 0.4) is 0 Å². The number of ether oxygens (including phenoxy) is 1. The summed E-state index contributed by atoms with van der Waals surface area (Å²) in [6.07, 6.45) is 19.7. The van der Waals surface area contributed by atoms with Crippen LogP contribution in [-0.2, 0) is 14.3 Å². The molecule has 0 aliphatic rings. The van der Waals surface area contributed by atoms with Gasteiger partial charge in [-0.15, -0.1) is 0 Å². The van der Waals surface area contributed by atoms with Gasteiger partial charge in [0.15, 0.2) is 0 Å². The van der Waals surface area contributed by atoms with Gasteiger partial charge in [-0.1, -0.05) is 96.8 Å². The third-order valence-electron chi connectivity index (χ3n) is 4.57. The maximum Gasteiger partial charge on any atom is 0.330 e. The first kappa shape index (κ1) is 28.9. The van der Waals surface area contributed by atoms with E-state index in [0.29, 0.717) is 6.42 Å². The van der Waals surface area contributed by atoms with Gasteiger partial charge in [-0.05, 0) is 13.3 Å². The molecule has 0 fully saturated rings. The minimum Gasteiger partial charge on any atom is -0.392 e. The van der Waals surface area contributed by atoms with Crippen LogP contribution in [-0.4, -0.2) is 69.4 Å². The third-order valence-corrected chi connectivity index (χ3v) is 4.57. The number of rotatable bonds is 17. The van der Waals surface area contributed by atoms with E-state index in [2.05, 4.69) is 11.7 Å². The fourth-order valence-electron chi connectivity index (χ4n) is 2.90. The predicted molar refractivity (Wildman–Crippen MR) is 110 cm³/mol. The SMILES string of the molecule is CCCCCCCCCCCCCCCCCC(=O)OC(=O)[C@H](C)N.[K]. The topological polar surface area (TPSA) is 69.4 Å². The van der Waals surface area contributed by atoms with Gasteiger partial charge in [-0.2, -0.15) is 0 Å². The van der Waals surface area contributed by atoms with Gasteiger partial charge in [0.05, 0.1) is 0 Å². The Morgan fingerprint density at radius 1 is 0.731 bits per heavy atom. The summed E-state index contributed by atoms with van der Waals surface area (Å²) in [5.74, 6) is -1.08. The molecule has 0 amide bonds. The summed E-state index contributed by atoms with van der Waals surface area (Å²) in [5, 5.41) is 0. The van der Waals surface area contributed by atoms with Crippen molar-refractivity contribution < 1.29 is 14.3 Å². The van der Waals surface area contributed by atoms with Crippen LogP contribution in [0, 0.1) is 0 Å². The Morgan fingerprint density at radius 2 is 1.08 bits per heavy atom. The Bertz CT molecular complexity index is 335. The standard InChI is InChI=1S/C21H41NO3.K/c1-3-4-5-6-7-8-9-10-11-12-13-14-15-16-17-18-20(23)25-21(24)19(2)22;/h19H,3-18,22H2,1-2H3;/t19-;/m0./s1. The van der Waals surface area contributed by atoms with Crippen LogP contribution < -0.4 is 5.73 Å². The van der Waals surface area contributed by atoms with Gasteiger partial charge in [0.25, 0.3) is 0 Å². The van der Waals surface area contributed by atoms with Gasteiger partial charge in [0.1, 0.15) is 6.04 Å². The molecule has 0 aromatic carbocycles. The molecule has 0 aliphatic heterocycles. The second kappa shape index (κ2) is 22.0. The molecule has 0 rings (SSSR count). The number of hydrogen-bond donors (Lipinski definition) is 1. The molecule has 5 heteroatoms. The molecule has 26 heavy (non-hydrogen) atoms. The number of carbonyl (C=O) groups is 2. The van der Waals surface area contributed by atoms with Crippen LogP contribution >= 0.6 is 0 Å². The Balaban J connectivity index is 0. The van der Waals surface area contributed by atoms with Crippen LogP contribution in [0.25, 0.3) is 0 Å².